The van der Waals surface area contributed by atoms with Crippen LogP contribution >= 0.6 is 11.6 Å². The largest absolute Gasteiger partial charge is 0.303 e. The number of halogens is 2. The molecule has 1 N–H and O–H groups in total. The van der Waals surface area contributed by atoms with Crippen molar-refractivity contribution in [3.8, 4) is 0 Å². The first kappa shape index (κ1) is 8.51. The molecule has 0 fully saturated rings. The second kappa shape index (κ2) is 3.34. The predicted molar refractivity (Wildman–Crippen MR) is 50.4 cm³/mol. The Bertz CT molecular complexity index is 343. The van der Waals surface area contributed by atoms with Crippen LogP contribution in [0.4, 0.5) is 4.39 Å². The van der Waals surface area contributed by atoms with Crippen LogP contribution in [-0.2, 0) is 0 Å². The van der Waals surface area contributed by atoms with E-state index >= 15 is 0 Å². The van der Waals surface area contributed by atoms with Gasteiger partial charge in [-0.15, -0.1) is 0 Å². The second-order valence-electron chi connectivity index (χ2n) is 2.90. The molecule has 13 heavy (non-hydrogen) atoms. The predicted octanol–water partition coefficient (Wildman–Crippen LogP) is 2.50. The molecule has 0 saturated carbocycles. The van der Waals surface area contributed by atoms with Gasteiger partial charge in [-0.1, -0.05) is 17.7 Å². The number of rotatable bonds is 1. The fourth-order valence-corrected chi connectivity index (χ4v) is 1.41. The van der Waals surface area contributed by atoms with Crippen molar-refractivity contribution in [2.75, 3.05) is 0 Å². The fraction of sp³-hybridized carbons (Fsp3) is 0.222. The van der Waals surface area contributed by atoms with Gasteiger partial charge in [0.05, 0.1) is 11.1 Å². The zero-order valence-corrected chi connectivity index (χ0v) is 7.55. The highest BCUT2D eigenvalue weighted by Gasteiger charge is 2.14. The summed E-state index contributed by atoms with van der Waals surface area (Å²) >= 11 is 5.56. The van der Waals surface area contributed by atoms with Crippen molar-refractivity contribution in [1.29, 1.82) is 0 Å². The smallest absolute Gasteiger partial charge is 0.142 e. The van der Waals surface area contributed by atoms with Crippen LogP contribution in [0.15, 0.2) is 23.3 Å². The number of nitrogens with one attached hydrogen (secondary N) is 1. The van der Waals surface area contributed by atoms with Gasteiger partial charge in [0.15, 0.2) is 0 Å². The van der Waals surface area contributed by atoms with E-state index in [1.807, 2.05) is 0 Å². The molecule has 0 bridgehead atoms. The molecule has 0 saturated heterocycles. The number of benzene rings is 1. The molecule has 1 unspecified atom stereocenters. The molecule has 4 heteroatoms. The molecular formula is C9H8ClFN2. The summed E-state index contributed by atoms with van der Waals surface area (Å²) in [7, 11) is 0. The van der Waals surface area contributed by atoms with Crippen molar-refractivity contribution in [2.45, 2.75) is 12.5 Å². The molecule has 0 radical (unpaired) electrons. The molecule has 2 rings (SSSR count). The maximum Gasteiger partial charge on any atom is 0.142 e. The molecule has 0 amide bonds. The first-order valence-corrected chi connectivity index (χ1v) is 4.37. The van der Waals surface area contributed by atoms with E-state index < -0.39 is 0 Å². The SMILES string of the molecule is Fc1cc(C2CC=NN2)ccc1Cl. The molecule has 1 aliphatic heterocycles. The number of hydrazone groups is 1. The van der Waals surface area contributed by atoms with Crippen molar-refractivity contribution in [3.05, 3.63) is 34.6 Å². The second-order valence-corrected chi connectivity index (χ2v) is 3.31. The number of hydrogen-bond donors (Lipinski definition) is 1. The Morgan fingerprint density at radius 1 is 1.54 bits per heavy atom. The van der Waals surface area contributed by atoms with Crippen LogP contribution in [0.3, 0.4) is 0 Å². The Balaban J connectivity index is 2.26. The lowest BCUT2D eigenvalue weighted by Gasteiger charge is -2.09. The molecular weight excluding hydrogens is 191 g/mol. The molecule has 1 aromatic carbocycles. The van der Waals surface area contributed by atoms with Crippen LogP contribution in [0.2, 0.25) is 5.02 Å². The maximum absolute atomic E-state index is 13.0. The Morgan fingerprint density at radius 3 is 3.00 bits per heavy atom. The average Bonchev–Trinajstić information content (AvgIpc) is 2.62. The van der Waals surface area contributed by atoms with E-state index in [-0.39, 0.29) is 16.9 Å². The fourth-order valence-electron chi connectivity index (χ4n) is 1.29. The minimum absolute atomic E-state index is 0.0896. The third kappa shape index (κ3) is 1.65. The van der Waals surface area contributed by atoms with Crippen LogP contribution in [0.5, 0.6) is 0 Å². The van der Waals surface area contributed by atoms with Gasteiger partial charge in [0.25, 0.3) is 0 Å². The molecule has 0 spiro atoms. The zero-order valence-electron chi connectivity index (χ0n) is 6.80. The topological polar surface area (TPSA) is 24.4 Å². The van der Waals surface area contributed by atoms with Gasteiger partial charge in [-0.05, 0) is 17.7 Å². The number of nitrogens with zero attached hydrogens (tertiary/aromatic N) is 1. The molecule has 1 aliphatic rings. The zero-order chi connectivity index (χ0) is 9.26. The Hall–Kier alpha value is -1.09. The van der Waals surface area contributed by atoms with Gasteiger partial charge in [0, 0.05) is 12.6 Å². The summed E-state index contributed by atoms with van der Waals surface area (Å²) in [5, 5.41) is 4.02. The maximum atomic E-state index is 13.0. The highest BCUT2D eigenvalue weighted by atomic mass is 35.5. The van der Waals surface area contributed by atoms with Gasteiger partial charge in [0.1, 0.15) is 5.82 Å². The van der Waals surface area contributed by atoms with Crippen molar-refractivity contribution in [2.24, 2.45) is 5.10 Å². The van der Waals surface area contributed by atoms with Crippen LogP contribution in [-0.4, -0.2) is 6.21 Å². The molecule has 0 aliphatic carbocycles. The molecule has 1 atom stereocenters. The molecule has 1 heterocycles. The Labute approximate surface area is 80.4 Å². The third-order valence-corrected chi connectivity index (χ3v) is 2.32. The van der Waals surface area contributed by atoms with Crippen molar-refractivity contribution in [1.82, 2.24) is 5.43 Å². The van der Waals surface area contributed by atoms with E-state index in [4.69, 9.17) is 11.6 Å². The summed E-state index contributed by atoms with van der Waals surface area (Å²) in [6.07, 6.45) is 2.57. The lowest BCUT2D eigenvalue weighted by Crippen LogP contribution is -2.09. The van der Waals surface area contributed by atoms with Gasteiger partial charge in [-0.3, -0.25) is 0 Å². The van der Waals surface area contributed by atoms with Crippen LogP contribution in [0.25, 0.3) is 0 Å². The summed E-state index contributed by atoms with van der Waals surface area (Å²) in [4.78, 5) is 0. The van der Waals surface area contributed by atoms with Gasteiger partial charge in [-0.25, -0.2) is 4.39 Å². The standard InChI is InChI=1S/C9H8ClFN2/c10-7-2-1-6(5-8(7)11)9-3-4-12-13-9/h1-2,4-5,9,13H,3H2. The van der Waals surface area contributed by atoms with E-state index in [1.165, 1.54) is 6.07 Å². The highest BCUT2D eigenvalue weighted by molar-refractivity contribution is 6.30. The highest BCUT2D eigenvalue weighted by Crippen LogP contribution is 2.23. The van der Waals surface area contributed by atoms with Crippen LogP contribution in [0.1, 0.15) is 18.0 Å². The average molecular weight is 199 g/mol. The van der Waals surface area contributed by atoms with Gasteiger partial charge in [0.2, 0.25) is 0 Å². The molecule has 2 nitrogen and oxygen atoms in total. The van der Waals surface area contributed by atoms with E-state index in [0.29, 0.717) is 0 Å². The van der Waals surface area contributed by atoms with E-state index in [2.05, 4.69) is 10.5 Å². The molecule has 1 aromatic rings. The minimum atomic E-state index is -0.382. The first-order valence-electron chi connectivity index (χ1n) is 3.99. The van der Waals surface area contributed by atoms with E-state index in [1.54, 1.807) is 18.3 Å². The monoisotopic (exact) mass is 198 g/mol. The summed E-state index contributed by atoms with van der Waals surface area (Å²) < 4.78 is 13.0. The lowest BCUT2D eigenvalue weighted by atomic mass is 10.1. The van der Waals surface area contributed by atoms with Crippen molar-refractivity contribution < 1.29 is 4.39 Å². The summed E-state index contributed by atoms with van der Waals surface area (Å²) in [6.45, 7) is 0. The Kier molecular flexibility index (Phi) is 2.19. The molecule has 68 valence electrons. The third-order valence-electron chi connectivity index (χ3n) is 2.01. The van der Waals surface area contributed by atoms with Gasteiger partial charge >= 0.3 is 0 Å². The summed E-state index contributed by atoms with van der Waals surface area (Å²) in [6, 6.07) is 4.89. The first-order chi connectivity index (χ1) is 6.27. The summed E-state index contributed by atoms with van der Waals surface area (Å²) in [5.74, 6) is -0.382. The van der Waals surface area contributed by atoms with Crippen molar-refractivity contribution in [3.63, 3.8) is 0 Å². The van der Waals surface area contributed by atoms with Crippen molar-refractivity contribution >= 4 is 17.8 Å². The van der Waals surface area contributed by atoms with Gasteiger partial charge in [-0.2, -0.15) is 5.10 Å². The minimum Gasteiger partial charge on any atom is -0.303 e. The van der Waals surface area contributed by atoms with Crippen LogP contribution < -0.4 is 5.43 Å². The lowest BCUT2D eigenvalue weighted by molar-refractivity contribution is 0.596. The quantitative estimate of drug-likeness (QED) is 0.737. The van der Waals surface area contributed by atoms with Gasteiger partial charge < -0.3 is 5.43 Å². The molecule has 0 aromatic heterocycles. The van der Waals surface area contributed by atoms with Crippen LogP contribution in [0, 0.1) is 5.82 Å². The van der Waals surface area contributed by atoms with E-state index in [0.717, 1.165) is 12.0 Å². The Morgan fingerprint density at radius 2 is 2.38 bits per heavy atom. The number of hydrogen-bond acceptors (Lipinski definition) is 2. The van der Waals surface area contributed by atoms with E-state index in [9.17, 15) is 4.39 Å². The normalized spacial score (nSPS) is 20.3. The summed E-state index contributed by atoms with van der Waals surface area (Å²) in [5.41, 5.74) is 3.75.